The van der Waals surface area contributed by atoms with Crippen molar-refractivity contribution in [1.29, 1.82) is 0 Å². The number of hydrogen-bond donors (Lipinski definition) is 2. The Morgan fingerprint density at radius 1 is 0.935 bits per heavy atom. The van der Waals surface area contributed by atoms with Crippen molar-refractivity contribution in [3.8, 4) is 11.5 Å². The smallest absolute Gasteiger partial charge is 0.344 e. The second-order valence-electron chi connectivity index (χ2n) is 6.62. The molecule has 1 aliphatic heterocycles. The Bertz CT molecular complexity index is 1250. The van der Waals surface area contributed by atoms with E-state index in [4.69, 9.17) is 21.7 Å². The molecule has 0 radical (unpaired) electrons. The van der Waals surface area contributed by atoms with Crippen molar-refractivity contribution in [2.75, 3.05) is 7.11 Å². The average molecular weight is 432 g/mol. The van der Waals surface area contributed by atoms with E-state index in [2.05, 4.69) is 10.6 Å². The number of thiocarbonyl (C=S) groups is 1. The largest absolute Gasteiger partial charge is 0.493 e. The third-order valence-corrected chi connectivity index (χ3v) is 4.86. The molecule has 0 unspecified atom stereocenters. The van der Waals surface area contributed by atoms with Gasteiger partial charge in [0.2, 0.25) is 0 Å². The highest BCUT2D eigenvalue weighted by atomic mass is 32.1. The van der Waals surface area contributed by atoms with E-state index >= 15 is 0 Å². The van der Waals surface area contributed by atoms with Crippen molar-refractivity contribution in [3.05, 3.63) is 77.4 Å². The number of ether oxygens (including phenoxy) is 2. The van der Waals surface area contributed by atoms with Crippen LogP contribution in [0.2, 0.25) is 0 Å². The van der Waals surface area contributed by atoms with Gasteiger partial charge in [-0.3, -0.25) is 20.2 Å². The molecule has 1 heterocycles. The zero-order valence-electron chi connectivity index (χ0n) is 16.3. The maximum atomic E-state index is 12.8. The molecule has 31 heavy (non-hydrogen) atoms. The van der Waals surface area contributed by atoms with Crippen molar-refractivity contribution in [2.45, 2.75) is 0 Å². The van der Waals surface area contributed by atoms with Crippen LogP contribution in [0.3, 0.4) is 0 Å². The molecule has 1 aliphatic rings. The van der Waals surface area contributed by atoms with E-state index in [1.54, 1.807) is 24.3 Å². The molecule has 8 heteroatoms. The molecule has 1 fully saturated rings. The predicted molar refractivity (Wildman–Crippen MR) is 119 cm³/mol. The Balaban J connectivity index is 1.62. The third-order valence-electron chi connectivity index (χ3n) is 4.65. The summed E-state index contributed by atoms with van der Waals surface area (Å²) in [6.45, 7) is 0. The Kier molecular flexibility index (Phi) is 5.46. The zero-order chi connectivity index (χ0) is 22.0. The summed E-state index contributed by atoms with van der Waals surface area (Å²) in [5.41, 5.74) is 0.837. The van der Waals surface area contributed by atoms with E-state index in [9.17, 15) is 14.4 Å². The van der Waals surface area contributed by atoms with Gasteiger partial charge in [0, 0.05) is 0 Å². The van der Waals surface area contributed by atoms with Gasteiger partial charge in [-0.2, -0.15) is 0 Å². The van der Waals surface area contributed by atoms with Gasteiger partial charge in [-0.25, -0.2) is 4.79 Å². The Labute approximate surface area is 182 Å². The van der Waals surface area contributed by atoms with Crippen molar-refractivity contribution in [3.63, 3.8) is 0 Å². The van der Waals surface area contributed by atoms with Gasteiger partial charge in [0.15, 0.2) is 16.6 Å². The number of rotatable bonds is 4. The van der Waals surface area contributed by atoms with Gasteiger partial charge < -0.3 is 9.47 Å². The van der Waals surface area contributed by atoms with E-state index in [0.29, 0.717) is 11.1 Å². The summed E-state index contributed by atoms with van der Waals surface area (Å²) < 4.78 is 10.9. The average Bonchev–Trinajstić information content (AvgIpc) is 2.76. The van der Waals surface area contributed by atoms with Gasteiger partial charge in [0.05, 0.1) is 12.7 Å². The summed E-state index contributed by atoms with van der Waals surface area (Å²) >= 11 is 4.78. The molecular weight excluding hydrogens is 416 g/mol. The van der Waals surface area contributed by atoms with Gasteiger partial charge in [0.1, 0.15) is 5.57 Å². The zero-order valence-corrected chi connectivity index (χ0v) is 17.1. The number of esters is 1. The summed E-state index contributed by atoms with van der Waals surface area (Å²) in [5.74, 6) is -1.24. The quantitative estimate of drug-likeness (QED) is 0.216. The van der Waals surface area contributed by atoms with Crippen molar-refractivity contribution in [2.24, 2.45) is 0 Å². The fourth-order valence-electron chi connectivity index (χ4n) is 3.19. The van der Waals surface area contributed by atoms with Crippen LogP contribution in [0.1, 0.15) is 15.9 Å². The molecule has 7 nitrogen and oxygen atoms in total. The summed E-state index contributed by atoms with van der Waals surface area (Å²) in [6, 6.07) is 17.6. The maximum absolute atomic E-state index is 12.8. The Morgan fingerprint density at radius 2 is 1.65 bits per heavy atom. The first-order valence-corrected chi connectivity index (χ1v) is 9.63. The number of hydrogen-bond acceptors (Lipinski definition) is 6. The van der Waals surface area contributed by atoms with Gasteiger partial charge >= 0.3 is 5.97 Å². The first kappa shape index (κ1) is 20.2. The Hall–Kier alpha value is -4.04. The lowest BCUT2D eigenvalue weighted by Gasteiger charge is -2.16. The number of nitrogens with one attached hydrogen (secondary N) is 2. The van der Waals surface area contributed by atoms with Crippen LogP contribution in [-0.4, -0.2) is 30.0 Å². The highest BCUT2D eigenvalue weighted by Gasteiger charge is 2.25. The van der Waals surface area contributed by atoms with Gasteiger partial charge in [-0.1, -0.05) is 42.5 Å². The third kappa shape index (κ3) is 4.15. The van der Waals surface area contributed by atoms with Crippen molar-refractivity contribution in [1.82, 2.24) is 10.6 Å². The fraction of sp³-hybridized carbons (Fsp3) is 0.0435. The molecule has 0 aliphatic carbocycles. The van der Waals surface area contributed by atoms with E-state index in [1.807, 2.05) is 30.3 Å². The summed E-state index contributed by atoms with van der Waals surface area (Å²) in [5, 5.41) is 6.41. The van der Waals surface area contributed by atoms with Crippen LogP contribution in [0.5, 0.6) is 11.5 Å². The van der Waals surface area contributed by atoms with Crippen molar-refractivity contribution < 1.29 is 23.9 Å². The van der Waals surface area contributed by atoms with Crippen molar-refractivity contribution >= 4 is 52.0 Å². The molecular formula is C23H16N2O5S. The number of amides is 2. The molecule has 2 amide bonds. The highest BCUT2D eigenvalue weighted by molar-refractivity contribution is 7.80. The molecule has 3 aromatic rings. The molecule has 0 saturated carbocycles. The lowest BCUT2D eigenvalue weighted by atomic mass is 10.0. The second kappa shape index (κ2) is 8.37. The first-order chi connectivity index (χ1) is 15.0. The molecule has 1 saturated heterocycles. The van der Waals surface area contributed by atoms with E-state index in [0.717, 1.165) is 10.8 Å². The SMILES string of the molecule is COc1cc(C=C2C(=O)NC(=S)NC2=O)ccc1OC(=O)c1cccc2ccccc12. The molecule has 4 rings (SSSR count). The minimum Gasteiger partial charge on any atom is -0.493 e. The van der Waals surface area contributed by atoms with E-state index < -0.39 is 17.8 Å². The molecule has 2 N–H and O–H groups in total. The number of fused-ring (bicyclic) bond motifs is 1. The lowest BCUT2D eigenvalue weighted by Crippen LogP contribution is -2.51. The monoisotopic (exact) mass is 432 g/mol. The number of methoxy groups -OCH3 is 1. The van der Waals surface area contributed by atoms with Gasteiger partial charge in [-0.15, -0.1) is 0 Å². The number of benzene rings is 3. The molecule has 0 atom stereocenters. The topological polar surface area (TPSA) is 93.7 Å². The molecule has 0 aromatic heterocycles. The normalized spacial score (nSPS) is 13.5. The van der Waals surface area contributed by atoms with Crippen LogP contribution in [-0.2, 0) is 9.59 Å². The minimum atomic E-state index is -0.598. The van der Waals surface area contributed by atoms with E-state index in [1.165, 1.54) is 19.3 Å². The van der Waals surface area contributed by atoms with Gasteiger partial charge in [-0.05, 0) is 52.8 Å². The second-order valence-corrected chi connectivity index (χ2v) is 7.03. The van der Waals surface area contributed by atoms with Crippen LogP contribution in [0.4, 0.5) is 0 Å². The van der Waals surface area contributed by atoms with Crippen LogP contribution in [0, 0.1) is 0 Å². The molecule has 0 spiro atoms. The van der Waals surface area contributed by atoms with Crippen LogP contribution >= 0.6 is 12.2 Å². The van der Waals surface area contributed by atoms with Crippen LogP contribution < -0.4 is 20.1 Å². The highest BCUT2D eigenvalue weighted by Crippen LogP contribution is 2.30. The van der Waals surface area contributed by atoms with Crippen LogP contribution in [0.15, 0.2) is 66.2 Å². The standard InChI is InChI=1S/C23H16N2O5S/c1-29-19-12-13(11-17-20(26)24-23(31)25-21(17)27)9-10-18(19)30-22(28)16-8-4-6-14-5-2-3-7-15(14)16/h2-12H,1H3,(H2,24,25,26,27,31). The summed E-state index contributed by atoms with van der Waals surface area (Å²) in [4.78, 5) is 36.9. The molecule has 0 bridgehead atoms. The first-order valence-electron chi connectivity index (χ1n) is 9.22. The number of carbonyl (C=O) groups is 3. The predicted octanol–water partition coefficient (Wildman–Crippen LogP) is 2.98. The van der Waals surface area contributed by atoms with E-state index in [-0.39, 0.29) is 22.2 Å². The summed E-state index contributed by atoms with van der Waals surface area (Å²) in [7, 11) is 1.43. The minimum absolute atomic E-state index is 0.0413. The molecule has 154 valence electrons. The van der Waals surface area contributed by atoms with Crippen LogP contribution in [0.25, 0.3) is 16.8 Å². The maximum Gasteiger partial charge on any atom is 0.344 e. The number of carbonyl (C=O) groups excluding carboxylic acids is 3. The van der Waals surface area contributed by atoms with Gasteiger partial charge in [0.25, 0.3) is 11.8 Å². The fourth-order valence-corrected chi connectivity index (χ4v) is 3.37. The Morgan fingerprint density at radius 3 is 2.39 bits per heavy atom. The lowest BCUT2D eigenvalue weighted by molar-refractivity contribution is -0.123. The summed E-state index contributed by atoms with van der Waals surface area (Å²) in [6.07, 6.45) is 1.39. The molecule has 3 aromatic carbocycles.